The zero-order chi connectivity index (χ0) is 16.9. The third-order valence-corrected chi connectivity index (χ3v) is 7.90. The van der Waals surface area contributed by atoms with Gasteiger partial charge in [0.1, 0.15) is 0 Å². The van der Waals surface area contributed by atoms with E-state index in [-0.39, 0.29) is 11.8 Å². The quantitative estimate of drug-likeness (QED) is 0.769. The maximum absolute atomic E-state index is 11.3. The number of nitrogens with one attached hydrogen (secondary N) is 1. The molecule has 0 aromatic heterocycles. The molecule has 0 spiro atoms. The minimum Gasteiger partial charge on any atom is -0.369 e. The van der Waals surface area contributed by atoms with E-state index in [0.29, 0.717) is 11.5 Å². The van der Waals surface area contributed by atoms with Crippen LogP contribution in [0.5, 0.6) is 0 Å². The van der Waals surface area contributed by atoms with E-state index in [9.17, 15) is 4.79 Å². The Morgan fingerprint density at radius 2 is 1.62 bits per heavy atom. The van der Waals surface area contributed by atoms with Gasteiger partial charge in [0.2, 0.25) is 5.91 Å². The lowest BCUT2D eigenvalue weighted by Gasteiger charge is -2.59. The fourth-order valence-electron chi connectivity index (χ4n) is 6.50. The lowest BCUT2D eigenvalue weighted by Crippen LogP contribution is -2.58. The third-order valence-electron chi connectivity index (χ3n) is 7.53. The molecule has 5 fully saturated rings. The van der Waals surface area contributed by atoms with Crippen LogP contribution < -0.4 is 11.1 Å². The summed E-state index contributed by atoms with van der Waals surface area (Å²) in [5, 5.41) is 4.58. The molecular formula is C19H31N3OS. The number of piperidine rings is 1. The molecule has 1 saturated heterocycles. The largest absolute Gasteiger partial charge is 0.369 e. The van der Waals surface area contributed by atoms with Gasteiger partial charge in [-0.25, -0.2) is 0 Å². The molecule has 0 unspecified atom stereocenters. The van der Waals surface area contributed by atoms with Crippen molar-refractivity contribution in [3.8, 4) is 0 Å². The summed E-state index contributed by atoms with van der Waals surface area (Å²) in [4.78, 5) is 13.6. The second-order valence-corrected chi connectivity index (χ2v) is 9.50. The second kappa shape index (κ2) is 6.15. The van der Waals surface area contributed by atoms with Gasteiger partial charge in [0.15, 0.2) is 5.11 Å². The standard InChI is InChI=1S/C19H31N3OS/c1-12(19-9-13-6-14(10-19)8-15(7-13)11-19)21-18(24)22-4-2-16(3-5-22)17(20)23/h12-16H,2-11H2,1H3,(H2,20,23)(H,21,24)/t12-,13?,14?,15?,19?/m1/s1. The number of rotatable bonds is 3. The first kappa shape index (κ1) is 16.6. The number of carbonyl (C=O) groups excluding carboxylic acids is 1. The van der Waals surface area contributed by atoms with Gasteiger partial charge in [-0.2, -0.15) is 0 Å². The molecule has 4 aliphatic carbocycles. The Labute approximate surface area is 150 Å². The average molecular weight is 350 g/mol. The second-order valence-electron chi connectivity index (χ2n) is 9.11. The van der Waals surface area contributed by atoms with E-state index < -0.39 is 0 Å². The van der Waals surface area contributed by atoms with E-state index in [1.54, 1.807) is 0 Å². The normalized spacial score (nSPS) is 39.7. The smallest absolute Gasteiger partial charge is 0.220 e. The number of thiocarbonyl (C=S) groups is 1. The number of amides is 1. The molecule has 4 saturated carbocycles. The highest BCUT2D eigenvalue weighted by Crippen LogP contribution is 2.61. The van der Waals surface area contributed by atoms with Crippen molar-refractivity contribution in [3.63, 3.8) is 0 Å². The van der Waals surface area contributed by atoms with Crippen LogP contribution in [-0.2, 0) is 4.79 Å². The Bertz CT molecular complexity index is 491. The summed E-state index contributed by atoms with van der Waals surface area (Å²) in [6.07, 6.45) is 10.3. The molecule has 5 rings (SSSR count). The highest BCUT2D eigenvalue weighted by atomic mass is 32.1. The maximum atomic E-state index is 11.3. The number of hydrogen-bond donors (Lipinski definition) is 2. The van der Waals surface area contributed by atoms with Crippen LogP contribution in [0.4, 0.5) is 0 Å². The van der Waals surface area contributed by atoms with E-state index in [2.05, 4.69) is 17.1 Å². The summed E-state index contributed by atoms with van der Waals surface area (Å²) in [6.45, 7) is 4.07. The van der Waals surface area contributed by atoms with Crippen molar-refractivity contribution < 1.29 is 4.79 Å². The van der Waals surface area contributed by atoms with E-state index in [1.165, 1.54) is 38.5 Å². The van der Waals surface area contributed by atoms with Crippen molar-refractivity contribution in [1.29, 1.82) is 0 Å². The molecule has 5 heteroatoms. The zero-order valence-corrected chi connectivity index (χ0v) is 15.6. The molecule has 0 aromatic carbocycles. The van der Waals surface area contributed by atoms with Crippen molar-refractivity contribution in [2.45, 2.75) is 64.3 Å². The first-order valence-electron chi connectivity index (χ1n) is 9.80. The van der Waals surface area contributed by atoms with Crippen molar-refractivity contribution in [1.82, 2.24) is 10.2 Å². The van der Waals surface area contributed by atoms with Crippen molar-refractivity contribution in [3.05, 3.63) is 0 Å². The topological polar surface area (TPSA) is 58.4 Å². The molecule has 0 radical (unpaired) electrons. The summed E-state index contributed by atoms with van der Waals surface area (Å²) in [5.41, 5.74) is 5.91. The Morgan fingerprint density at radius 1 is 1.12 bits per heavy atom. The van der Waals surface area contributed by atoms with E-state index in [4.69, 9.17) is 18.0 Å². The fraction of sp³-hybridized carbons (Fsp3) is 0.895. The minimum atomic E-state index is -0.157. The lowest BCUT2D eigenvalue weighted by atomic mass is 9.48. The Morgan fingerprint density at radius 3 is 2.08 bits per heavy atom. The number of carbonyl (C=O) groups is 1. The highest BCUT2D eigenvalue weighted by Gasteiger charge is 2.53. The van der Waals surface area contributed by atoms with Crippen LogP contribution in [0.1, 0.15) is 58.3 Å². The Balaban J connectivity index is 1.35. The van der Waals surface area contributed by atoms with Crippen LogP contribution in [0.3, 0.4) is 0 Å². The van der Waals surface area contributed by atoms with Crippen LogP contribution in [0.15, 0.2) is 0 Å². The molecule has 1 aliphatic heterocycles. The first-order chi connectivity index (χ1) is 11.4. The maximum Gasteiger partial charge on any atom is 0.220 e. The summed E-state index contributed by atoms with van der Waals surface area (Å²) in [5.74, 6) is 2.79. The van der Waals surface area contributed by atoms with Gasteiger partial charge in [0.25, 0.3) is 0 Å². The van der Waals surface area contributed by atoms with E-state index >= 15 is 0 Å². The monoisotopic (exact) mass is 349 g/mol. The van der Waals surface area contributed by atoms with Gasteiger partial charge < -0.3 is 16.0 Å². The molecule has 1 heterocycles. The third kappa shape index (κ3) is 2.93. The number of likely N-dealkylation sites (tertiary alicyclic amines) is 1. The predicted molar refractivity (Wildman–Crippen MR) is 99.3 cm³/mol. The van der Waals surface area contributed by atoms with Gasteiger partial charge in [0, 0.05) is 25.0 Å². The molecule has 134 valence electrons. The van der Waals surface area contributed by atoms with Gasteiger partial charge >= 0.3 is 0 Å². The molecule has 1 amide bonds. The molecule has 1 atom stereocenters. The van der Waals surface area contributed by atoms with Crippen molar-refractivity contribution >= 4 is 23.2 Å². The van der Waals surface area contributed by atoms with Crippen molar-refractivity contribution in [2.75, 3.05) is 13.1 Å². The minimum absolute atomic E-state index is 0.0321. The van der Waals surface area contributed by atoms with Gasteiger partial charge in [0.05, 0.1) is 0 Å². The number of hydrogen-bond acceptors (Lipinski definition) is 2. The first-order valence-corrected chi connectivity index (χ1v) is 10.2. The van der Waals surface area contributed by atoms with Gasteiger partial charge in [-0.1, -0.05) is 0 Å². The zero-order valence-electron chi connectivity index (χ0n) is 14.8. The molecule has 24 heavy (non-hydrogen) atoms. The van der Waals surface area contributed by atoms with E-state index in [1.807, 2.05) is 0 Å². The summed E-state index contributed by atoms with van der Waals surface area (Å²) >= 11 is 5.71. The molecule has 4 bridgehead atoms. The molecule has 5 aliphatic rings. The predicted octanol–water partition coefficient (Wildman–Crippen LogP) is 2.66. The van der Waals surface area contributed by atoms with Crippen LogP contribution in [-0.4, -0.2) is 35.1 Å². The number of primary amides is 1. The lowest BCUT2D eigenvalue weighted by molar-refractivity contribution is -0.122. The van der Waals surface area contributed by atoms with Gasteiger partial charge in [-0.15, -0.1) is 0 Å². The van der Waals surface area contributed by atoms with Crippen molar-refractivity contribution in [2.24, 2.45) is 34.8 Å². The Kier molecular flexibility index (Phi) is 4.26. The van der Waals surface area contributed by atoms with Gasteiger partial charge in [-0.3, -0.25) is 4.79 Å². The SMILES string of the molecule is C[C@@H](NC(=S)N1CCC(C(N)=O)CC1)C12CC3CC(CC(C3)C1)C2. The Hall–Kier alpha value is -0.840. The average Bonchev–Trinajstić information content (AvgIpc) is 2.53. The molecule has 0 aromatic rings. The number of nitrogens with two attached hydrogens (primary N) is 1. The fourth-order valence-corrected chi connectivity index (χ4v) is 6.86. The summed E-state index contributed by atoms with van der Waals surface area (Å²) in [7, 11) is 0. The van der Waals surface area contributed by atoms with Crippen LogP contribution in [0, 0.1) is 29.1 Å². The molecular weight excluding hydrogens is 318 g/mol. The summed E-state index contributed by atoms with van der Waals surface area (Å²) < 4.78 is 0. The summed E-state index contributed by atoms with van der Waals surface area (Å²) in [6, 6.07) is 0.465. The molecule has 4 nitrogen and oxygen atoms in total. The van der Waals surface area contributed by atoms with Crippen LogP contribution in [0.25, 0.3) is 0 Å². The highest BCUT2D eigenvalue weighted by molar-refractivity contribution is 7.80. The van der Waals surface area contributed by atoms with Crippen LogP contribution in [0.2, 0.25) is 0 Å². The molecule has 3 N–H and O–H groups in total. The van der Waals surface area contributed by atoms with E-state index in [0.717, 1.165) is 48.8 Å². The van der Waals surface area contributed by atoms with Crippen LogP contribution >= 0.6 is 12.2 Å². The number of nitrogens with zero attached hydrogens (tertiary/aromatic N) is 1. The van der Waals surface area contributed by atoms with Gasteiger partial charge in [-0.05, 0) is 93.7 Å².